The number of aliphatic hydroxyl groups excluding tert-OH is 2. The molecule has 0 saturated heterocycles. The number of aliphatic hydroxyl groups is 2. The van der Waals surface area contributed by atoms with E-state index in [1.54, 1.807) is 55.7 Å². The second-order valence-electron chi connectivity index (χ2n) is 16.4. The Hall–Kier alpha value is -5.44. The zero-order valence-electron chi connectivity index (χ0n) is 35.7. The number of carbonyl (C=O) groups excluding carboxylic acids is 2. The third kappa shape index (κ3) is 9.47. The first kappa shape index (κ1) is 44.6. The summed E-state index contributed by atoms with van der Waals surface area (Å²) in [7, 11) is 4.54. The van der Waals surface area contributed by atoms with Crippen LogP contribution in [0.4, 0.5) is 14.9 Å². The van der Waals surface area contributed by atoms with Gasteiger partial charge < -0.3 is 43.6 Å². The van der Waals surface area contributed by atoms with Crippen molar-refractivity contribution < 1.29 is 52.7 Å². The number of nitrogens with zero attached hydrogens (tertiary/aromatic N) is 2. The van der Waals surface area contributed by atoms with Crippen LogP contribution in [-0.2, 0) is 20.9 Å². The monoisotopic (exact) mass is 855 g/mol. The van der Waals surface area contributed by atoms with Crippen LogP contribution in [0, 0.1) is 29.5 Å². The number of allylic oxidation sites excluding steroid dienone is 1. The number of halogens is 1. The first-order chi connectivity index (χ1) is 30.2. The van der Waals surface area contributed by atoms with E-state index in [9.17, 15) is 24.2 Å². The van der Waals surface area contributed by atoms with E-state index in [0.717, 1.165) is 55.2 Å². The minimum absolute atomic E-state index is 0.0111. The number of anilines is 1. The molecule has 14 heteroatoms. The number of unbranched alkanes of at least 4 members (excludes halogenated alkanes) is 2. The van der Waals surface area contributed by atoms with Crippen LogP contribution in [0.15, 0.2) is 90.1 Å². The van der Waals surface area contributed by atoms with Crippen molar-refractivity contribution in [3.05, 3.63) is 102 Å². The molecule has 62 heavy (non-hydrogen) atoms. The van der Waals surface area contributed by atoms with E-state index in [2.05, 4.69) is 23.1 Å². The van der Waals surface area contributed by atoms with E-state index in [0.29, 0.717) is 41.5 Å². The first-order valence-electron chi connectivity index (χ1n) is 21.6. The van der Waals surface area contributed by atoms with Gasteiger partial charge in [0.15, 0.2) is 0 Å². The van der Waals surface area contributed by atoms with Gasteiger partial charge in [-0.2, -0.15) is 0 Å². The fraction of sp³-hybridized carbons (Fsp3) is 0.479. The summed E-state index contributed by atoms with van der Waals surface area (Å²) in [6.07, 6.45) is 9.22. The predicted molar refractivity (Wildman–Crippen MR) is 231 cm³/mol. The molecule has 332 valence electrons. The molecule has 3 aromatic carbocycles. The minimum Gasteiger partial charge on any atom is -0.497 e. The number of rotatable bonds is 20. The molecular formula is C48H58FN3O10. The van der Waals surface area contributed by atoms with Crippen LogP contribution in [-0.4, -0.2) is 85.8 Å². The second-order valence-corrected chi connectivity index (χ2v) is 16.4. The lowest BCUT2D eigenvalue weighted by molar-refractivity contribution is -0.258. The molecular weight excluding hydrogens is 798 g/mol. The summed E-state index contributed by atoms with van der Waals surface area (Å²) in [4.78, 5) is 35.6. The Kier molecular flexibility index (Phi) is 14.5. The van der Waals surface area contributed by atoms with E-state index >= 15 is 0 Å². The van der Waals surface area contributed by atoms with Gasteiger partial charge in [0.25, 0.3) is 0 Å². The van der Waals surface area contributed by atoms with Gasteiger partial charge in [0.05, 0.1) is 38.1 Å². The predicted octanol–water partition coefficient (Wildman–Crippen LogP) is 8.16. The van der Waals surface area contributed by atoms with Crippen LogP contribution < -0.4 is 24.3 Å². The molecule has 0 bridgehead atoms. The largest absolute Gasteiger partial charge is 0.497 e. The molecule has 6 unspecified atom stereocenters. The summed E-state index contributed by atoms with van der Waals surface area (Å²) in [6.45, 7) is 4.40. The van der Waals surface area contributed by atoms with Gasteiger partial charge in [0.2, 0.25) is 11.7 Å². The quantitative estimate of drug-likeness (QED) is 0.0576. The van der Waals surface area contributed by atoms with Crippen molar-refractivity contribution in [3.63, 3.8) is 0 Å². The number of fused-ring (bicyclic) bond motifs is 2. The number of oxime groups is 1. The maximum atomic E-state index is 14.6. The summed E-state index contributed by atoms with van der Waals surface area (Å²) in [6, 6.07) is 15.8. The highest BCUT2D eigenvalue weighted by Gasteiger charge is 2.66. The summed E-state index contributed by atoms with van der Waals surface area (Å²) >= 11 is 0. The van der Waals surface area contributed by atoms with Crippen molar-refractivity contribution in [2.75, 3.05) is 46.5 Å². The summed E-state index contributed by atoms with van der Waals surface area (Å²) in [5.74, 6) is -1.22. The number of hydrogen-bond donors (Lipinski definition) is 3. The highest BCUT2D eigenvalue weighted by Crippen LogP contribution is 2.62. The summed E-state index contributed by atoms with van der Waals surface area (Å²) in [5.41, 5.74) is 3.48. The molecule has 1 aliphatic heterocycles. The molecule has 7 rings (SSSR count). The number of methoxy groups -OCH3 is 2. The highest BCUT2D eigenvalue weighted by atomic mass is 19.1. The number of nitrogens with one attached hydrogen (secondary N) is 1. The normalized spacial score (nSPS) is 24.1. The molecule has 6 atom stereocenters. The molecule has 2 amide bonds. The Morgan fingerprint density at radius 1 is 0.968 bits per heavy atom. The van der Waals surface area contributed by atoms with Crippen LogP contribution in [0.1, 0.15) is 74.8 Å². The topological polar surface area (TPSA) is 158 Å². The van der Waals surface area contributed by atoms with Gasteiger partial charge in [-0.3, -0.25) is 10.1 Å². The second kappa shape index (κ2) is 20.2. The Labute approximate surface area is 362 Å². The average Bonchev–Trinajstić information content (AvgIpc) is 4.13. The van der Waals surface area contributed by atoms with E-state index in [1.165, 1.54) is 26.4 Å². The van der Waals surface area contributed by atoms with Crippen LogP contribution in [0.25, 0.3) is 0 Å². The van der Waals surface area contributed by atoms with Gasteiger partial charge in [-0.05, 0) is 104 Å². The lowest BCUT2D eigenvalue weighted by Crippen LogP contribution is -2.70. The lowest BCUT2D eigenvalue weighted by atomic mass is 9.55. The van der Waals surface area contributed by atoms with Gasteiger partial charge in [-0.25, -0.2) is 9.18 Å². The van der Waals surface area contributed by atoms with E-state index in [4.69, 9.17) is 28.5 Å². The Morgan fingerprint density at radius 3 is 2.39 bits per heavy atom. The molecule has 4 aliphatic rings. The molecule has 2 saturated carbocycles. The first-order valence-corrected chi connectivity index (χ1v) is 21.6. The Morgan fingerprint density at radius 2 is 1.71 bits per heavy atom. The molecule has 0 aromatic heterocycles. The minimum atomic E-state index is -1.47. The van der Waals surface area contributed by atoms with Gasteiger partial charge in [-0.15, -0.1) is 6.58 Å². The molecule has 0 radical (unpaired) electrons. The number of hydrogen-bond acceptors (Lipinski definition) is 11. The summed E-state index contributed by atoms with van der Waals surface area (Å²) < 4.78 is 45.3. The summed E-state index contributed by atoms with van der Waals surface area (Å²) in [5, 5.41) is 27.2. The highest BCUT2D eigenvalue weighted by molar-refractivity contribution is 6.03. The van der Waals surface area contributed by atoms with E-state index in [1.807, 2.05) is 11.0 Å². The van der Waals surface area contributed by atoms with Gasteiger partial charge in [0.1, 0.15) is 42.0 Å². The fourth-order valence-corrected chi connectivity index (χ4v) is 9.66. The third-order valence-corrected chi connectivity index (χ3v) is 12.6. The standard InChI is InChI=1S/C48H58FN3O10/c1-5-24-60-48-43(52(46(55)31-14-15-31)29-30-12-16-33(49)17-13-30)28-40(51-59-4)37-25-32(10-6-8-22-53)36(11-7-9-23-54)44(45(37)48)38-26-35(19-21-41(38)62-48)61-47(56)50-39-20-18-34(57-2)27-42(39)58-3/h5,12-13,16-21,25-27,31-32,36,43-45,53-54H,1,6-11,14-15,22-24,28-29H2,2-4H3,(H,50,56). The molecule has 1 heterocycles. The van der Waals surface area contributed by atoms with Crippen molar-refractivity contribution in [2.24, 2.45) is 28.8 Å². The fourth-order valence-electron chi connectivity index (χ4n) is 9.66. The van der Waals surface area contributed by atoms with E-state index in [-0.39, 0.29) is 73.9 Å². The number of ether oxygens (including phenoxy) is 5. The van der Waals surface area contributed by atoms with Crippen molar-refractivity contribution in [1.82, 2.24) is 4.90 Å². The maximum absolute atomic E-state index is 14.6. The Balaban J connectivity index is 1.38. The van der Waals surface area contributed by atoms with Crippen molar-refractivity contribution in [2.45, 2.75) is 82.1 Å². The molecule has 13 nitrogen and oxygen atoms in total. The lowest BCUT2D eigenvalue weighted by Gasteiger charge is -2.60. The van der Waals surface area contributed by atoms with Crippen molar-refractivity contribution in [1.29, 1.82) is 0 Å². The Bertz CT molecular complexity index is 2120. The van der Waals surface area contributed by atoms with Crippen molar-refractivity contribution in [3.8, 4) is 23.0 Å². The van der Waals surface area contributed by atoms with Crippen LogP contribution in [0.5, 0.6) is 23.0 Å². The smallest absolute Gasteiger partial charge is 0.417 e. The van der Waals surface area contributed by atoms with Crippen LogP contribution in [0.3, 0.4) is 0 Å². The van der Waals surface area contributed by atoms with Crippen LogP contribution in [0.2, 0.25) is 0 Å². The molecule has 3 N–H and O–H groups in total. The molecule has 3 aromatic rings. The number of benzene rings is 3. The van der Waals surface area contributed by atoms with E-state index < -0.39 is 23.8 Å². The zero-order chi connectivity index (χ0) is 43.8. The maximum Gasteiger partial charge on any atom is 0.417 e. The third-order valence-electron chi connectivity index (χ3n) is 12.6. The van der Waals surface area contributed by atoms with Gasteiger partial charge >= 0.3 is 6.09 Å². The van der Waals surface area contributed by atoms with Crippen LogP contribution >= 0.6 is 0 Å². The number of amides is 2. The van der Waals surface area contributed by atoms with Crippen molar-refractivity contribution >= 4 is 23.4 Å². The average molecular weight is 856 g/mol. The SMILES string of the molecule is C=CCOC12Oc3ccc(OC(=O)Nc4ccc(OC)cc4OC)cc3C3C(CCCCO)C(CCCCO)C=C(C(=NOC)CC1N(Cc1ccc(F)cc1)C(=O)C1CC1)C32. The van der Waals surface area contributed by atoms with Gasteiger partial charge in [-0.1, -0.05) is 42.3 Å². The molecule has 0 spiro atoms. The molecule has 3 aliphatic carbocycles. The molecule has 2 fully saturated rings. The zero-order valence-corrected chi connectivity index (χ0v) is 35.7. The number of carbonyl (C=O) groups is 2. The van der Waals surface area contributed by atoms with Gasteiger partial charge in [0, 0.05) is 49.6 Å².